The fourth-order valence-corrected chi connectivity index (χ4v) is 4.34. The van der Waals surface area contributed by atoms with Gasteiger partial charge < -0.3 is 14.4 Å². The summed E-state index contributed by atoms with van der Waals surface area (Å²) in [4.78, 5) is 47.6. The second kappa shape index (κ2) is 15.0. The zero-order valence-corrected chi connectivity index (χ0v) is 20.0. The summed E-state index contributed by atoms with van der Waals surface area (Å²) >= 11 is 0. The Kier molecular flexibility index (Phi) is 12.1. The van der Waals surface area contributed by atoms with E-state index in [0.717, 1.165) is 57.9 Å². The first-order valence-corrected chi connectivity index (χ1v) is 12.2. The molecule has 1 aromatic carbocycles. The Balaban J connectivity index is 1.81. The summed E-state index contributed by atoms with van der Waals surface area (Å²) in [7, 11) is 0. The van der Waals surface area contributed by atoms with Gasteiger partial charge in [0.15, 0.2) is 6.29 Å². The minimum atomic E-state index is -0.613. The molecule has 1 saturated carbocycles. The summed E-state index contributed by atoms with van der Waals surface area (Å²) < 4.78 is 10.6. The van der Waals surface area contributed by atoms with Gasteiger partial charge in [-0.1, -0.05) is 31.7 Å². The number of benzene rings is 1. The van der Waals surface area contributed by atoms with Crippen LogP contribution < -0.4 is 4.74 Å². The molecule has 9 nitrogen and oxygen atoms in total. The van der Waals surface area contributed by atoms with E-state index in [9.17, 15) is 24.5 Å². The molecular formula is C25H36N2O7. The van der Waals surface area contributed by atoms with Crippen LogP contribution in [0, 0.1) is 10.1 Å². The van der Waals surface area contributed by atoms with Crippen molar-refractivity contribution in [2.24, 2.45) is 0 Å². The van der Waals surface area contributed by atoms with Crippen LogP contribution in [0.2, 0.25) is 0 Å². The van der Waals surface area contributed by atoms with Gasteiger partial charge in [-0.15, -0.1) is 0 Å². The number of nitro benzene ring substituents is 1. The van der Waals surface area contributed by atoms with Crippen molar-refractivity contribution in [3.8, 4) is 5.75 Å². The van der Waals surface area contributed by atoms with Crippen LogP contribution in [-0.4, -0.2) is 53.8 Å². The molecule has 1 aromatic rings. The Labute approximate surface area is 200 Å². The summed E-state index contributed by atoms with van der Waals surface area (Å²) in [5.74, 6) is 0.00512. The summed E-state index contributed by atoms with van der Waals surface area (Å²) in [6, 6.07) is 4.54. The highest BCUT2D eigenvalue weighted by molar-refractivity contribution is 5.85. The van der Waals surface area contributed by atoms with Gasteiger partial charge in [-0.25, -0.2) is 0 Å². The SMILES string of the molecule is CC(=O)OCCCCCCN(C(=O)CCCOc1cccc([N+](=O)[O-])c1C=O)C1CCCCC1. The van der Waals surface area contributed by atoms with Gasteiger partial charge in [0.25, 0.3) is 5.69 Å². The molecule has 34 heavy (non-hydrogen) atoms. The van der Waals surface area contributed by atoms with Crippen molar-refractivity contribution in [2.45, 2.75) is 83.6 Å². The molecule has 0 radical (unpaired) electrons. The Hall–Kier alpha value is -2.97. The number of unbranched alkanes of at least 4 members (excludes halogenated alkanes) is 3. The first-order chi connectivity index (χ1) is 16.4. The minimum absolute atomic E-state index is 0.0867. The lowest BCUT2D eigenvalue weighted by Gasteiger charge is -2.34. The van der Waals surface area contributed by atoms with Crippen molar-refractivity contribution in [1.29, 1.82) is 0 Å². The average molecular weight is 477 g/mol. The molecule has 9 heteroatoms. The summed E-state index contributed by atoms with van der Waals surface area (Å²) in [5.41, 5.74) is -0.378. The van der Waals surface area contributed by atoms with Gasteiger partial charge in [0.05, 0.1) is 18.1 Å². The lowest BCUT2D eigenvalue weighted by molar-refractivity contribution is -0.385. The lowest BCUT2D eigenvalue weighted by Crippen LogP contribution is -2.42. The van der Waals surface area contributed by atoms with Gasteiger partial charge in [-0.05, 0) is 44.6 Å². The quantitative estimate of drug-likeness (QED) is 0.117. The van der Waals surface area contributed by atoms with Crippen LogP contribution in [0.15, 0.2) is 18.2 Å². The molecular weight excluding hydrogens is 440 g/mol. The van der Waals surface area contributed by atoms with Gasteiger partial charge in [-0.3, -0.25) is 24.5 Å². The number of amides is 1. The third-order valence-corrected chi connectivity index (χ3v) is 6.08. The molecule has 188 valence electrons. The second-order valence-corrected chi connectivity index (χ2v) is 8.65. The first kappa shape index (κ1) is 27.3. The number of nitro groups is 1. The summed E-state index contributed by atoms with van der Waals surface area (Å²) in [5, 5.41) is 11.1. The predicted octanol–water partition coefficient (Wildman–Crippen LogP) is 4.85. The van der Waals surface area contributed by atoms with Gasteiger partial charge in [0.1, 0.15) is 11.3 Å². The largest absolute Gasteiger partial charge is 0.493 e. The maximum absolute atomic E-state index is 13.0. The van der Waals surface area contributed by atoms with Crippen molar-refractivity contribution in [3.63, 3.8) is 0 Å². The van der Waals surface area contributed by atoms with Crippen molar-refractivity contribution in [1.82, 2.24) is 4.90 Å². The zero-order chi connectivity index (χ0) is 24.8. The molecule has 0 N–H and O–H groups in total. The van der Waals surface area contributed by atoms with E-state index in [1.54, 1.807) is 0 Å². The number of esters is 1. The monoisotopic (exact) mass is 476 g/mol. The van der Waals surface area contributed by atoms with Crippen molar-refractivity contribution in [2.75, 3.05) is 19.8 Å². The minimum Gasteiger partial charge on any atom is -0.493 e. The van der Waals surface area contributed by atoms with E-state index >= 15 is 0 Å². The Morgan fingerprint density at radius 1 is 1.09 bits per heavy atom. The van der Waals surface area contributed by atoms with E-state index in [1.165, 1.54) is 31.5 Å². The van der Waals surface area contributed by atoms with E-state index in [2.05, 4.69) is 0 Å². The van der Waals surface area contributed by atoms with Gasteiger partial charge >= 0.3 is 5.97 Å². The Bertz CT molecular complexity index is 821. The van der Waals surface area contributed by atoms with Crippen LogP contribution in [0.25, 0.3) is 0 Å². The van der Waals surface area contributed by atoms with Crippen LogP contribution in [0.5, 0.6) is 5.75 Å². The normalized spacial score (nSPS) is 13.8. The van der Waals surface area contributed by atoms with Crippen LogP contribution in [-0.2, 0) is 14.3 Å². The van der Waals surface area contributed by atoms with Gasteiger partial charge in [-0.2, -0.15) is 0 Å². The van der Waals surface area contributed by atoms with Crippen LogP contribution in [0.4, 0.5) is 5.69 Å². The third kappa shape index (κ3) is 9.11. The van der Waals surface area contributed by atoms with Crippen LogP contribution in [0.1, 0.15) is 87.9 Å². The number of carbonyl (C=O) groups is 3. The number of hydrogen-bond acceptors (Lipinski definition) is 7. The van der Waals surface area contributed by atoms with Crippen molar-refractivity contribution < 1.29 is 28.8 Å². The van der Waals surface area contributed by atoms with Crippen molar-refractivity contribution >= 4 is 23.9 Å². The van der Waals surface area contributed by atoms with Gasteiger partial charge in [0, 0.05) is 32.0 Å². The molecule has 1 fully saturated rings. The van der Waals surface area contributed by atoms with Crippen LogP contribution >= 0.6 is 0 Å². The van der Waals surface area contributed by atoms with E-state index in [0.29, 0.717) is 25.7 Å². The second-order valence-electron chi connectivity index (χ2n) is 8.65. The molecule has 2 rings (SSSR count). The number of carbonyl (C=O) groups excluding carboxylic acids is 3. The highest BCUT2D eigenvalue weighted by Crippen LogP contribution is 2.27. The molecule has 0 saturated heterocycles. The number of rotatable bonds is 15. The predicted molar refractivity (Wildman–Crippen MR) is 127 cm³/mol. The van der Waals surface area contributed by atoms with Crippen molar-refractivity contribution in [3.05, 3.63) is 33.9 Å². The fraction of sp³-hybridized carbons (Fsp3) is 0.640. The first-order valence-electron chi connectivity index (χ1n) is 12.2. The van der Waals surface area contributed by atoms with E-state index in [1.807, 2.05) is 4.90 Å². The molecule has 1 aliphatic carbocycles. The van der Waals surface area contributed by atoms with Crippen LogP contribution in [0.3, 0.4) is 0 Å². The van der Waals surface area contributed by atoms with E-state index in [4.69, 9.17) is 9.47 Å². The summed E-state index contributed by atoms with van der Waals surface area (Å²) in [6.45, 7) is 2.76. The molecule has 1 aliphatic rings. The van der Waals surface area contributed by atoms with Gasteiger partial charge in [0.2, 0.25) is 5.91 Å². The Morgan fingerprint density at radius 3 is 2.50 bits per heavy atom. The highest BCUT2D eigenvalue weighted by atomic mass is 16.6. The average Bonchev–Trinajstić information content (AvgIpc) is 2.83. The topological polar surface area (TPSA) is 116 Å². The molecule has 0 heterocycles. The molecule has 0 atom stereocenters. The zero-order valence-electron chi connectivity index (χ0n) is 20.0. The number of aldehydes is 1. The Morgan fingerprint density at radius 2 is 1.82 bits per heavy atom. The molecule has 0 unspecified atom stereocenters. The molecule has 0 aliphatic heterocycles. The standard InChI is InChI=1S/C25H36N2O7/c1-20(29)33-17-8-3-2-7-16-26(21-11-5-4-6-12-21)25(30)15-10-18-34-24-14-9-13-23(27(31)32)22(24)19-28/h9,13-14,19,21H,2-8,10-12,15-18H2,1H3. The molecule has 1 amide bonds. The number of nitrogens with zero attached hydrogens (tertiary/aromatic N) is 2. The maximum atomic E-state index is 13.0. The fourth-order valence-electron chi connectivity index (χ4n) is 4.34. The maximum Gasteiger partial charge on any atom is 0.302 e. The summed E-state index contributed by atoms with van der Waals surface area (Å²) in [6.07, 6.45) is 10.4. The number of hydrogen-bond donors (Lipinski definition) is 0. The third-order valence-electron chi connectivity index (χ3n) is 6.08. The smallest absolute Gasteiger partial charge is 0.302 e. The molecule has 0 aromatic heterocycles. The molecule has 0 spiro atoms. The van der Waals surface area contributed by atoms with E-state index in [-0.39, 0.29) is 41.5 Å². The lowest BCUT2D eigenvalue weighted by atomic mass is 9.93. The molecule has 0 bridgehead atoms. The van der Waals surface area contributed by atoms with E-state index < -0.39 is 4.92 Å². The number of ether oxygens (including phenoxy) is 2. The highest BCUT2D eigenvalue weighted by Gasteiger charge is 2.25.